The number of nitrogens with zero attached hydrogens (tertiary/aromatic N) is 1. The number of rotatable bonds is 6. The summed E-state index contributed by atoms with van der Waals surface area (Å²) in [7, 11) is -0.0718. The molecular weight excluding hydrogens is 418 g/mol. The van der Waals surface area contributed by atoms with Crippen LogP contribution in [0.3, 0.4) is 0 Å². The Morgan fingerprint density at radius 3 is 2.52 bits per heavy atom. The van der Waals surface area contributed by atoms with Gasteiger partial charge in [-0.25, -0.2) is 8.42 Å². The fraction of sp³-hybridized carbons (Fsp3) is 0.348. The van der Waals surface area contributed by atoms with Crippen molar-refractivity contribution >= 4 is 26.7 Å². The zero-order valence-corrected chi connectivity index (χ0v) is 18.6. The Morgan fingerprint density at radius 2 is 1.87 bits per heavy atom. The summed E-state index contributed by atoms with van der Waals surface area (Å²) in [5.41, 5.74) is 2.19. The van der Waals surface area contributed by atoms with E-state index in [1.165, 1.54) is 0 Å². The van der Waals surface area contributed by atoms with Crippen molar-refractivity contribution in [3.63, 3.8) is 0 Å². The van der Waals surface area contributed by atoms with Crippen LogP contribution in [-0.4, -0.2) is 51.0 Å². The van der Waals surface area contributed by atoms with Gasteiger partial charge in [-0.3, -0.25) is 4.79 Å². The summed E-state index contributed by atoms with van der Waals surface area (Å²) < 4.78 is 40.9. The molecule has 0 spiro atoms. The SMILES string of the molecule is COc1ccc(CN(C(=O)c2oc3ccccc3c2C)[C@H]2CCS(=O)(=O)C2)cc1OC. The molecule has 1 amide bonds. The van der Waals surface area contributed by atoms with Crippen LogP contribution >= 0.6 is 0 Å². The second-order valence-electron chi connectivity index (χ2n) is 7.73. The van der Waals surface area contributed by atoms with Crippen LogP contribution in [0, 0.1) is 6.92 Å². The molecule has 0 radical (unpaired) electrons. The lowest BCUT2D eigenvalue weighted by molar-refractivity contribution is 0.0649. The Bertz CT molecular complexity index is 1230. The number of furan rings is 1. The standard InChI is InChI=1S/C23H25NO6S/c1-15-18-6-4-5-7-19(18)30-22(15)23(25)24(17-10-11-31(26,27)14-17)13-16-8-9-20(28-2)21(12-16)29-3/h4-9,12,17H,10-11,13-14H2,1-3H3/t17-/m0/s1. The van der Waals surface area contributed by atoms with Crippen molar-refractivity contribution < 1.29 is 27.1 Å². The molecule has 1 aliphatic heterocycles. The fourth-order valence-electron chi connectivity index (χ4n) is 4.07. The van der Waals surface area contributed by atoms with E-state index in [-0.39, 0.29) is 29.7 Å². The van der Waals surface area contributed by atoms with Crippen molar-refractivity contribution in [3.05, 3.63) is 59.4 Å². The molecule has 0 saturated carbocycles. The van der Waals surface area contributed by atoms with E-state index in [2.05, 4.69) is 0 Å². The van der Waals surface area contributed by atoms with Gasteiger partial charge in [0.15, 0.2) is 27.1 Å². The number of fused-ring (bicyclic) bond motifs is 1. The second-order valence-corrected chi connectivity index (χ2v) is 9.96. The summed E-state index contributed by atoms with van der Waals surface area (Å²) in [6, 6.07) is 12.5. The molecule has 2 heterocycles. The number of carbonyl (C=O) groups is 1. The number of carbonyl (C=O) groups excluding carboxylic acids is 1. The lowest BCUT2D eigenvalue weighted by atomic mass is 10.1. The van der Waals surface area contributed by atoms with Crippen molar-refractivity contribution in [2.24, 2.45) is 0 Å². The van der Waals surface area contributed by atoms with Gasteiger partial charge in [0.1, 0.15) is 5.58 Å². The maximum Gasteiger partial charge on any atom is 0.290 e. The Kier molecular flexibility index (Phi) is 5.66. The number of hydrogen-bond donors (Lipinski definition) is 0. The van der Waals surface area contributed by atoms with Crippen molar-refractivity contribution in [2.45, 2.75) is 25.9 Å². The van der Waals surface area contributed by atoms with Gasteiger partial charge in [0.25, 0.3) is 5.91 Å². The van der Waals surface area contributed by atoms with Crippen LogP contribution < -0.4 is 9.47 Å². The number of ether oxygens (including phenoxy) is 2. The zero-order chi connectivity index (χ0) is 22.2. The quantitative estimate of drug-likeness (QED) is 0.579. The smallest absolute Gasteiger partial charge is 0.290 e. The molecule has 0 bridgehead atoms. The molecule has 4 rings (SSSR count). The van der Waals surface area contributed by atoms with Crippen LogP contribution in [-0.2, 0) is 16.4 Å². The summed E-state index contributed by atoms with van der Waals surface area (Å²) in [6.07, 6.45) is 0.403. The lowest BCUT2D eigenvalue weighted by Gasteiger charge is -2.28. The van der Waals surface area contributed by atoms with Gasteiger partial charge in [0, 0.05) is 23.5 Å². The zero-order valence-electron chi connectivity index (χ0n) is 17.8. The molecule has 1 saturated heterocycles. The van der Waals surface area contributed by atoms with Crippen molar-refractivity contribution in [3.8, 4) is 11.5 Å². The molecule has 164 valence electrons. The van der Waals surface area contributed by atoms with Crippen LogP contribution in [0.15, 0.2) is 46.9 Å². The number of aryl methyl sites for hydroxylation is 1. The van der Waals surface area contributed by atoms with E-state index < -0.39 is 15.9 Å². The second kappa shape index (κ2) is 8.26. The van der Waals surface area contributed by atoms with Crippen LogP contribution in [0.4, 0.5) is 0 Å². The van der Waals surface area contributed by atoms with E-state index >= 15 is 0 Å². The summed E-state index contributed by atoms with van der Waals surface area (Å²) in [6.45, 7) is 2.08. The van der Waals surface area contributed by atoms with E-state index in [9.17, 15) is 13.2 Å². The number of hydrogen-bond acceptors (Lipinski definition) is 6. The minimum atomic E-state index is -3.18. The van der Waals surface area contributed by atoms with Crippen LogP contribution in [0.5, 0.6) is 11.5 Å². The van der Waals surface area contributed by atoms with E-state index in [4.69, 9.17) is 13.9 Å². The van der Waals surface area contributed by atoms with Crippen molar-refractivity contribution in [1.29, 1.82) is 0 Å². The highest BCUT2D eigenvalue weighted by atomic mass is 32.2. The van der Waals surface area contributed by atoms with Crippen molar-refractivity contribution in [1.82, 2.24) is 4.90 Å². The molecule has 2 aromatic carbocycles. The number of benzene rings is 2. The third-order valence-electron chi connectivity index (χ3n) is 5.75. The largest absolute Gasteiger partial charge is 0.493 e. The third-order valence-corrected chi connectivity index (χ3v) is 7.50. The van der Waals surface area contributed by atoms with Gasteiger partial charge >= 0.3 is 0 Å². The number of methoxy groups -OCH3 is 2. The first kappa shape index (κ1) is 21.2. The van der Waals surface area contributed by atoms with Gasteiger partial charge in [-0.05, 0) is 37.1 Å². The molecule has 1 aromatic heterocycles. The molecule has 0 unspecified atom stereocenters. The van der Waals surface area contributed by atoms with Crippen LogP contribution in [0.25, 0.3) is 11.0 Å². The summed E-state index contributed by atoms with van der Waals surface area (Å²) in [5.74, 6) is 1.08. The molecule has 0 N–H and O–H groups in total. The summed E-state index contributed by atoms with van der Waals surface area (Å²) in [4.78, 5) is 15.2. The van der Waals surface area contributed by atoms with E-state index in [0.717, 1.165) is 16.5 Å². The van der Waals surface area contributed by atoms with E-state index in [1.54, 1.807) is 31.3 Å². The lowest BCUT2D eigenvalue weighted by Crippen LogP contribution is -2.40. The molecule has 8 heteroatoms. The third kappa shape index (κ3) is 4.12. The maximum absolute atomic E-state index is 13.6. The average Bonchev–Trinajstić information content (AvgIpc) is 3.30. The molecule has 31 heavy (non-hydrogen) atoms. The van der Waals surface area contributed by atoms with Gasteiger partial charge in [0.2, 0.25) is 0 Å². The topological polar surface area (TPSA) is 86.0 Å². The monoisotopic (exact) mass is 443 g/mol. The first-order chi connectivity index (χ1) is 14.8. The first-order valence-electron chi connectivity index (χ1n) is 10.0. The predicted molar refractivity (Wildman–Crippen MR) is 117 cm³/mol. The molecule has 1 fully saturated rings. The average molecular weight is 444 g/mol. The van der Waals surface area contributed by atoms with E-state index in [0.29, 0.717) is 23.5 Å². The van der Waals surface area contributed by atoms with Gasteiger partial charge < -0.3 is 18.8 Å². The maximum atomic E-state index is 13.6. The first-order valence-corrected chi connectivity index (χ1v) is 11.9. The van der Waals surface area contributed by atoms with E-state index in [1.807, 2.05) is 37.3 Å². The molecule has 7 nitrogen and oxygen atoms in total. The van der Waals surface area contributed by atoms with Gasteiger partial charge in [-0.2, -0.15) is 0 Å². The highest BCUT2D eigenvalue weighted by Crippen LogP contribution is 2.31. The Balaban J connectivity index is 1.72. The fourth-order valence-corrected chi connectivity index (χ4v) is 5.80. The number of sulfone groups is 1. The predicted octanol–water partition coefficient (Wildman–Crippen LogP) is 3.59. The minimum Gasteiger partial charge on any atom is -0.493 e. The minimum absolute atomic E-state index is 0.0503. The highest BCUT2D eigenvalue weighted by molar-refractivity contribution is 7.91. The Labute approximate surface area is 181 Å². The number of para-hydroxylation sites is 1. The summed E-state index contributed by atoms with van der Waals surface area (Å²) in [5, 5.41) is 0.871. The normalized spacial score (nSPS) is 17.6. The van der Waals surface area contributed by atoms with Crippen LogP contribution in [0.1, 0.15) is 28.1 Å². The highest BCUT2D eigenvalue weighted by Gasteiger charge is 2.36. The van der Waals surface area contributed by atoms with Crippen molar-refractivity contribution in [2.75, 3.05) is 25.7 Å². The van der Waals surface area contributed by atoms with Gasteiger partial charge in [-0.1, -0.05) is 24.3 Å². The van der Waals surface area contributed by atoms with Gasteiger partial charge in [0.05, 0.1) is 25.7 Å². The molecule has 1 atom stereocenters. The molecule has 1 aliphatic rings. The summed E-state index contributed by atoms with van der Waals surface area (Å²) >= 11 is 0. The molecular formula is C23H25NO6S. The number of amides is 1. The van der Waals surface area contributed by atoms with Crippen LogP contribution in [0.2, 0.25) is 0 Å². The Morgan fingerprint density at radius 1 is 1.13 bits per heavy atom. The molecule has 0 aliphatic carbocycles. The van der Waals surface area contributed by atoms with Gasteiger partial charge in [-0.15, -0.1) is 0 Å². The molecule has 3 aromatic rings. The Hall–Kier alpha value is -3.00.